The number of H-pyrrole nitrogens is 1. The zero-order valence-electron chi connectivity index (χ0n) is 14.5. The highest BCUT2D eigenvalue weighted by Crippen LogP contribution is 2.39. The molecule has 2 amide bonds. The number of hydrogen-bond donors (Lipinski definition) is 3. The van der Waals surface area contributed by atoms with Crippen molar-refractivity contribution in [1.29, 1.82) is 0 Å². The Bertz CT molecular complexity index is 930. The fourth-order valence-electron chi connectivity index (χ4n) is 2.61. The molecule has 2 aromatic carbocycles. The molecule has 0 saturated carbocycles. The van der Waals surface area contributed by atoms with E-state index in [2.05, 4.69) is 15.6 Å². The number of rotatable bonds is 5. The monoisotopic (exact) mass is 375 g/mol. The van der Waals surface area contributed by atoms with Gasteiger partial charge < -0.3 is 24.5 Å². The Labute approximate surface area is 155 Å². The van der Waals surface area contributed by atoms with Crippen molar-refractivity contribution in [1.82, 2.24) is 4.98 Å². The van der Waals surface area contributed by atoms with Crippen LogP contribution in [0.4, 0.5) is 16.3 Å². The van der Waals surface area contributed by atoms with Crippen LogP contribution in [0.5, 0.6) is 17.2 Å². The molecule has 3 aromatic rings. The van der Waals surface area contributed by atoms with Gasteiger partial charge in [-0.25, -0.2) is 4.79 Å². The molecule has 0 unspecified atom stereocenters. The smallest absolute Gasteiger partial charge is 0.324 e. The fraction of sp³-hybridized carbons (Fsp3) is 0.167. The minimum Gasteiger partial charge on any atom is -0.493 e. The summed E-state index contributed by atoms with van der Waals surface area (Å²) in [6, 6.07) is 10.1. The SMILES string of the molecule is COc1cc(NC(=O)Nc2cc3cc(Cl)ccc3[nH]2)cc(OC)c1OC. The van der Waals surface area contributed by atoms with Crippen LogP contribution in [-0.4, -0.2) is 32.3 Å². The molecule has 0 radical (unpaired) electrons. The molecule has 0 aliphatic heterocycles. The van der Waals surface area contributed by atoms with E-state index < -0.39 is 6.03 Å². The van der Waals surface area contributed by atoms with Gasteiger partial charge >= 0.3 is 6.03 Å². The van der Waals surface area contributed by atoms with Crippen molar-refractivity contribution in [2.45, 2.75) is 0 Å². The van der Waals surface area contributed by atoms with Gasteiger partial charge in [-0.05, 0) is 24.3 Å². The van der Waals surface area contributed by atoms with E-state index >= 15 is 0 Å². The molecule has 3 N–H and O–H groups in total. The minimum absolute atomic E-state index is 0.420. The number of amides is 2. The number of aromatic nitrogens is 1. The van der Waals surface area contributed by atoms with Gasteiger partial charge in [-0.15, -0.1) is 0 Å². The van der Waals surface area contributed by atoms with Gasteiger partial charge in [0.15, 0.2) is 11.5 Å². The van der Waals surface area contributed by atoms with Crippen LogP contribution in [0, 0.1) is 0 Å². The first kappa shape index (κ1) is 17.8. The van der Waals surface area contributed by atoms with E-state index in [9.17, 15) is 4.79 Å². The lowest BCUT2D eigenvalue weighted by atomic mass is 10.2. The van der Waals surface area contributed by atoms with E-state index in [0.717, 1.165) is 10.9 Å². The lowest BCUT2D eigenvalue weighted by Gasteiger charge is -2.14. The first-order valence-electron chi connectivity index (χ1n) is 7.70. The van der Waals surface area contributed by atoms with E-state index in [1.54, 1.807) is 24.3 Å². The molecule has 0 atom stereocenters. The molecule has 3 rings (SSSR count). The van der Waals surface area contributed by atoms with E-state index in [0.29, 0.717) is 33.8 Å². The summed E-state index contributed by atoms with van der Waals surface area (Å²) in [6.45, 7) is 0. The van der Waals surface area contributed by atoms with Crippen molar-refractivity contribution in [2.24, 2.45) is 0 Å². The number of ether oxygens (including phenoxy) is 3. The van der Waals surface area contributed by atoms with Gasteiger partial charge in [0, 0.05) is 28.1 Å². The van der Waals surface area contributed by atoms with E-state index in [4.69, 9.17) is 25.8 Å². The van der Waals surface area contributed by atoms with E-state index in [-0.39, 0.29) is 0 Å². The van der Waals surface area contributed by atoms with Crippen LogP contribution in [-0.2, 0) is 0 Å². The average molecular weight is 376 g/mol. The quantitative estimate of drug-likeness (QED) is 0.613. The van der Waals surface area contributed by atoms with Crippen LogP contribution in [0.15, 0.2) is 36.4 Å². The second-order valence-electron chi connectivity index (χ2n) is 5.41. The Kier molecular flexibility index (Phi) is 5.09. The summed E-state index contributed by atoms with van der Waals surface area (Å²) in [6.07, 6.45) is 0. The maximum absolute atomic E-state index is 12.3. The van der Waals surface area contributed by atoms with Gasteiger partial charge in [-0.1, -0.05) is 11.6 Å². The number of carbonyl (C=O) groups excluding carboxylic acids is 1. The van der Waals surface area contributed by atoms with Crippen molar-refractivity contribution in [3.63, 3.8) is 0 Å². The van der Waals surface area contributed by atoms with Gasteiger partial charge in [-0.2, -0.15) is 0 Å². The molecule has 1 heterocycles. The van der Waals surface area contributed by atoms with E-state index in [1.165, 1.54) is 21.3 Å². The number of benzene rings is 2. The van der Waals surface area contributed by atoms with E-state index in [1.807, 2.05) is 12.1 Å². The van der Waals surface area contributed by atoms with Crippen molar-refractivity contribution in [2.75, 3.05) is 32.0 Å². The molecule has 0 aliphatic carbocycles. The third kappa shape index (κ3) is 3.62. The Morgan fingerprint density at radius 1 is 0.962 bits per heavy atom. The second-order valence-corrected chi connectivity index (χ2v) is 5.84. The number of anilines is 2. The molecule has 0 bridgehead atoms. The van der Waals surface area contributed by atoms with Crippen molar-refractivity contribution >= 4 is 40.0 Å². The number of methoxy groups -OCH3 is 3. The van der Waals surface area contributed by atoms with Crippen LogP contribution in [0.1, 0.15) is 0 Å². The average Bonchev–Trinajstić information content (AvgIpc) is 3.01. The summed E-state index contributed by atoms with van der Waals surface area (Å²) >= 11 is 5.98. The van der Waals surface area contributed by atoms with Crippen LogP contribution >= 0.6 is 11.6 Å². The lowest BCUT2D eigenvalue weighted by Crippen LogP contribution is -2.19. The summed E-state index contributed by atoms with van der Waals surface area (Å²) in [5, 5.41) is 7.01. The normalized spacial score (nSPS) is 10.5. The summed E-state index contributed by atoms with van der Waals surface area (Å²) in [5.41, 5.74) is 1.37. The number of halogens is 1. The third-order valence-corrected chi connectivity index (χ3v) is 3.99. The Morgan fingerprint density at radius 3 is 2.27 bits per heavy atom. The molecule has 26 heavy (non-hydrogen) atoms. The summed E-state index contributed by atoms with van der Waals surface area (Å²) in [7, 11) is 4.54. The third-order valence-electron chi connectivity index (χ3n) is 3.75. The van der Waals surface area contributed by atoms with Gasteiger partial charge in [0.05, 0.1) is 27.0 Å². The maximum Gasteiger partial charge on any atom is 0.324 e. The number of urea groups is 1. The zero-order valence-corrected chi connectivity index (χ0v) is 15.2. The first-order chi connectivity index (χ1) is 12.5. The lowest BCUT2D eigenvalue weighted by molar-refractivity contribution is 0.262. The number of nitrogens with one attached hydrogen (secondary N) is 3. The summed E-state index contributed by atoms with van der Waals surface area (Å²) < 4.78 is 15.8. The summed E-state index contributed by atoms with van der Waals surface area (Å²) in [4.78, 5) is 15.4. The molecular weight excluding hydrogens is 358 g/mol. The molecule has 7 nitrogen and oxygen atoms in total. The highest BCUT2D eigenvalue weighted by molar-refractivity contribution is 6.31. The predicted octanol–water partition coefficient (Wildman–Crippen LogP) is 4.49. The van der Waals surface area contributed by atoms with Crippen LogP contribution < -0.4 is 24.8 Å². The number of aromatic amines is 1. The predicted molar refractivity (Wildman–Crippen MR) is 102 cm³/mol. The molecule has 0 spiro atoms. The van der Waals surface area contributed by atoms with Crippen LogP contribution in [0.3, 0.4) is 0 Å². The highest BCUT2D eigenvalue weighted by atomic mass is 35.5. The van der Waals surface area contributed by atoms with Gasteiger partial charge in [0.25, 0.3) is 0 Å². The molecule has 0 aliphatic rings. The molecule has 1 aromatic heterocycles. The molecule has 0 saturated heterocycles. The standard InChI is InChI=1S/C18H18ClN3O4/c1-24-14-8-12(9-15(25-2)17(14)26-3)20-18(23)22-16-7-10-6-11(19)4-5-13(10)21-16/h4-9,21H,1-3H3,(H2,20,22,23). The fourth-order valence-corrected chi connectivity index (χ4v) is 2.79. The van der Waals surface area contributed by atoms with Crippen LogP contribution in [0.25, 0.3) is 10.9 Å². The number of carbonyl (C=O) groups is 1. The topological polar surface area (TPSA) is 84.6 Å². The second kappa shape index (κ2) is 7.45. The molecule has 136 valence electrons. The van der Waals surface area contributed by atoms with Gasteiger partial charge in [0.1, 0.15) is 5.82 Å². The molecule has 8 heteroatoms. The largest absolute Gasteiger partial charge is 0.493 e. The Hall–Kier alpha value is -3.06. The van der Waals surface area contributed by atoms with Crippen molar-refractivity contribution < 1.29 is 19.0 Å². The number of hydrogen-bond acceptors (Lipinski definition) is 4. The van der Waals surface area contributed by atoms with Crippen molar-refractivity contribution in [3.05, 3.63) is 41.4 Å². The Balaban J connectivity index is 1.78. The first-order valence-corrected chi connectivity index (χ1v) is 8.08. The van der Waals surface area contributed by atoms with Crippen molar-refractivity contribution in [3.8, 4) is 17.2 Å². The highest BCUT2D eigenvalue weighted by Gasteiger charge is 2.15. The minimum atomic E-state index is -0.420. The zero-order chi connectivity index (χ0) is 18.7. The van der Waals surface area contributed by atoms with Crippen LogP contribution in [0.2, 0.25) is 5.02 Å². The number of fused-ring (bicyclic) bond motifs is 1. The van der Waals surface area contributed by atoms with Gasteiger partial charge in [0.2, 0.25) is 5.75 Å². The maximum atomic E-state index is 12.3. The summed E-state index contributed by atoms with van der Waals surface area (Å²) in [5.74, 6) is 1.89. The Morgan fingerprint density at radius 2 is 1.65 bits per heavy atom. The molecule has 0 fully saturated rings. The van der Waals surface area contributed by atoms with Gasteiger partial charge in [-0.3, -0.25) is 5.32 Å². The molecular formula is C18H18ClN3O4.